The van der Waals surface area contributed by atoms with Gasteiger partial charge in [-0.15, -0.1) is 0 Å². The molecule has 0 spiro atoms. The van der Waals surface area contributed by atoms with Gasteiger partial charge in [-0.25, -0.2) is 13.4 Å². The molecule has 22 heavy (non-hydrogen) atoms. The van der Waals surface area contributed by atoms with Gasteiger partial charge < -0.3 is 5.32 Å². The van der Waals surface area contributed by atoms with Crippen LogP contribution in [0.3, 0.4) is 0 Å². The normalized spacial score (nSPS) is 19.2. The highest BCUT2D eigenvalue weighted by atomic mass is 32.2. The number of aromatic nitrogens is 1. The predicted molar refractivity (Wildman–Crippen MR) is 86.1 cm³/mol. The number of benzene rings is 1. The summed E-state index contributed by atoms with van der Waals surface area (Å²) in [5.41, 5.74) is 0.983. The lowest BCUT2D eigenvalue weighted by molar-refractivity contribution is 0.396. The maximum Gasteiger partial charge on any atom is 0.243 e. The molecule has 0 unspecified atom stereocenters. The Morgan fingerprint density at radius 2 is 2.00 bits per heavy atom. The molecule has 0 amide bonds. The van der Waals surface area contributed by atoms with Crippen molar-refractivity contribution in [2.75, 3.05) is 18.9 Å². The van der Waals surface area contributed by atoms with Crippen LogP contribution in [0.2, 0.25) is 0 Å². The van der Waals surface area contributed by atoms with Crippen molar-refractivity contribution in [2.45, 2.75) is 23.8 Å². The number of anilines is 1. The van der Waals surface area contributed by atoms with Crippen LogP contribution < -0.4 is 5.32 Å². The quantitative estimate of drug-likeness (QED) is 0.941. The van der Waals surface area contributed by atoms with Gasteiger partial charge in [0, 0.05) is 19.8 Å². The molecule has 1 fully saturated rings. The molecule has 1 aliphatic rings. The van der Waals surface area contributed by atoms with Crippen LogP contribution in [0.15, 0.2) is 53.6 Å². The molecule has 1 aromatic carbocycles. The van der Waals surface area contributed by atoms with Crippen LogP contribution in [0, 0.1) is 0 Å². The van der Waals surface area contributed by atoms with Crippen LogP contribution in [0.4, 0.5) is 5.82 Å². The van der Waals surface area contributed by atoms with Crippen LogP contribution in [0.25, 0.3) is 0 Å². The van der Waals surface area contributed by atoms with Crippen LogP contribution in [0.1, 0.15) is 24.4 Å². The Labute approximate surface area is 131 Å². The Morgan fingerprint density at radius 1 is 1.23 bits per heavy atom. The summed E-state index contributed by atoms with van der Waals surface area (Å²) >= 11 is 0. The molecule has 116 valence electrons. The monoisotopic (exact) mass is 317 g/mol. The van der Waals surface area contributed by atoms with Gasteiger partial charge in [-0.05, 0) is 42.7 Å². The van der Waals surface area contributed by atoms with Gasteiger partial charge >= 0.3 is 0 Å². The lowest BCUT2D eigenvalue weighted by atomic mass is 10.1. The van der Waals surface area contributed by atoms with Crippen molar-refractivity contribution in [1.29, 1.82) is 0 Å². The van der Waals surface area contributed by atoms with Crippen LogP contribution in [-0.2, 0) is 10.0 Å². The summed E-state index contributed by atoms with van der Waals surface area (Å²) in [6.07, 6.45) is 3.42. The highest BCUT2D eigenvalue weighted by Gasteiger charge is 2.36. The average molecular weight is 317 g/mol. The molecular weight excluding hydrogens is 298 g/mol. The van der Waals surface area contributed by atoms with Crippen molar-refractivity contribution in [2.24, 2.45) is 0 Å². The van der Waals surface area contributed by atoms with Crippen molar-refractivity contribution < 1.29 is 8.42 Å². The van der Waals surface area contributed by atoms with E-state index in [1.54, 1.807) is 41.8 Å². The van der Waals surface area contributed by atoms with Gasteiger partial charge in [0.15, 0.2) is 0 Å². The lowest BCUT2D eigenvalue weighted by Crippen LogP contribution is -2.30. The van der Waals surface area contributed by atoms with E-state index in [-0.39, 0.29) is 6.04 Å². The Hall–Kier alpha value is -1.92. The van der Waals surface area contributed by atoms with Crippen molar-refractivity contribution >= 4 is 15.8 Å². The number of sulfonamides is 1. The minimum Gasteiger partial charge on any atom is -0.373 e. The third-order valence-corrected chi connectivity index (χ3v) is 5.90. The Bertz CT molecular complexity index is 747. The topological polar surface area (TPSA) is 62.3 Å². The number of rotatable bonds is 4. The Morgan fingerprint density at radius 3 is 2.73 bits per heavy atom. The van der Waals surface area contributed by atoms with Crippen molar-refractivity contribution in [3.8, 4) is 0 Å². The highest BCUT2D eigenvalue weighted by Crippen LogP contribution is 2.36. The zero-order valence-electron chi connectivity index (χ0n) is 12.4. The third-order valence-electron chi connectivity index (χ3n) is 3.98. The maximum atomic E-state index is 12.9. The van der Waals surface area contributed by atoms with Gasteiger partial charge in [-0.1, -0.05) is 18.2 Å². The first-order valence-electron chi connectivity index (χ1n) is 7.33. The predicted octanol–water partition coefficient (Wildman–Crippen LogP) is 2.65. The third kappa shape index (κ3) is 2.71. The molecule has 0 aliphatic carbocycles. The largest absolute Gasteiger partial charge is 0.373 e. The van der Waals surface area contributed by atoms with Gasteiger partial charge in [0.05, 0.1) is 10.9 Å². The van der Waals surface area contributed by atoms with E-state index in [2.05, 4.69) is 10.3 Å². The number of nitrogens with one attached hydrogen (secondary N) is 1. The first-order valence-corrected chi connectivity index (χ1v) is 8.77. The summed E-state index contributed by atoms with van der Waals surface area (Å²) in [4.78, 5) is 4.55. The molecule has 0 saturated carbocycles. The molecule has 3 rings (SSSR count). The minimum atomic E-state index is -3.46. The van der Waals surface area contributed by atoms with Gasteiger partial charge in [0.2, 0.25) is 10.0 Å². The zero-order chi connectivity index (χ0) is 15.6. The van der Waals surface area contributed by atoms with Gasteiger partial charge in [0.1, 0.15) is 5.82 Å². The molecular formula is C16H19N3O2S. The standard InChI is InChI=1S/C16H19N3O2S/c1-17-16-12-13(9-10-18-16)15-8-5-11-19(15)22(20,21)14-6-3-2-4-7-14/h2-4,6-7,9-10,12,15H,5,8,11H2,1H3,(H,17,18)/t15-/m1/s1. The summed E-state index contributed by atoms with van der Waals surface area (Å²) in [6.45, 7) is 0.555. The first-order chi connectivity index (χ1) is 10.6. The second-order valence-corrected chi connectivity index (χ2v) is 7.20. The molecule has 0 radical (unpaired) electrons. The lowest BCUT2D eigenvalue weighted by Gasteiger charge is -2.24. The smallest absolute Gasteiger partial charge is 0.243 e. The van der Waals surface area contributed by atoms with E-state index in [0.717, 1.165) is 24.2 Å². The average Bonchev–Trinajstić information content (AvgIpc) is 3.06. The Kier molecular flexibility index (Phi) is 4.13. The summed E-state index contributed by atoms with van der Waals surface area (Å²) < 4.78 is 27.3. The molecule has 1 N–H and O–H groups in total. The number of nitrogens with zero attached hydrogens (tertiary/aromatic N) is 2. The van der Waals surface area contributed by atoms with E-state index < -0.39 is 10.0 Å². The molecule has 1 aliphatic heterocycles. The van der Waals surface area contributed by atoms with E-state index in [1.165, 1.54) is 0 Å². The maximum absolute atomic E-state index is 12.9. The highest BCUT2D eigenvalue weighted by molar-refractivity contribution is 7.89. The van der Waals surface area contributed by atoms with E-state index in [9.17, 15) is 8.42 Å². The number of pyridine rings is 1. The Balaban J connectivity index is 1.96. The van der Waals surface area contributed by atoms with Gasteiger partial charge in [-0.3, -0.25) is 0 Å². The van der Waals surface area contributed by atoms with Crippen molar-refractivity contribution in [3.05, 3.63) is 54.2 Å². The van der Waals surface area contributed by atoms with Crippen LogP contribution >= 0.6 is 0 Å². The van der Waals surface area contributed by atoms with E-state index in [1.807, 2.05) is 18.2 Å². The number of hydrogen-bond donors (Lipinski definition) is 1. The minimum absolute atomic E-state index is 0.125. The molecule has 1 atom stereocenters. The summed E-state index contributed by atoms with van der Waals surface area (Å²) in [6, 6.07) is 12.3. The fourth-order valence-corrected chi connectivity index (χ4v) is 4.58. The summed E-state index contributed by atoms with van der Waals surface area (Å²) in [5.74, 6) is 0.751. The van der Waals surface area contributed by atoms with E-state index in [4.69, 9.17) is 0 Å². The second-order valence-electron chi connectivity index (χ2n) is 5.31. The zero-order valence-corrected chi connectivity index (χ0v) is 13.3. The van der Waals surface area contributed by atoms with Crippen LogP contribution in [-0.4, -0.2) is 31.3 Å². The first kappa shape index (κ1) is 15.0. The van der Waals surface area contributed by atoms with E-state index >= 15 is 0 Å². The molecule has 2 heterocycles. The molecule has 6 heteroatoms. The van der Waals surface area contributed by atoms with Crippen molar-refractivity contribution in [3.63, 3.8) is 0 Å². The second kappa shape index (κ2) is 6.06. The summed E-state index contributed by atoms with van der Waals surface area (Å²) in [7, 11) is -1.66. The van der Waals surface area contributed by atoms with Gasteiger partial charge in [0.25, 0.3) is 0 Å². The molecule has 1 aromatic heterocycles. The van der Waals surface area contributed by atoms with Crippen molar-refractivity contribution in [1.82, 2.24) is 9.29 Å². The van der Waals surface area contributed by atoms with E-state index in [0.29, 0.717) is 11.4 Å². The van der Waals surface area contributed by atoms with Gasteiger partial charge in [-0.2, -0.15) is 4.31 Å². The molecule has 1 saturated heterocycles. The SMILES string of the molecule is CNc1cc([C@H]2CCCN2S(=O)(=O)c2ccccc2)ccn1. The summed E-state index contributed by atoms with van der Waals surface area (Å²) in [5, 5.41) is 3.00. The molecule has 2 aromatic rings. The number of hydrogen-bond acceptors (Lipinski definition) is 4. The van der Waals surface area contributed by atoms with Crippen LogP contribution in [0.5, 0.6) is 0 Å². The molecule has 5 nitrogen and oxygen atoms in total. The fraction of sp³-hybridized carbons (Fsp3) is 0.312. The molecule has 0 bridgehead atoms. The fourth-order valence-electron chi connectivity index (χ4n) is 2.88.